The molecule has 3 nitrogen and oxygen atoms in total. The third-order valence-corrected chi connectivity index (χ3v) is 11.7. The molecule has 0 atom stereocenters. The number of furan rings is 1. The molecule has 8 aromatic carbocycles. The van der Waals surface area contributed by atoms with Crippen molar-refractivity contribution < 1.29 is 4.42 Å². The summed E-state index contributed by atoms with van der Waals surface area (Å²) in [5.41, 5.74) is 16.3. The van der Waals surface area contributed by atoms with Crippen LogP contribution in [0, 0.1) is 0 Å². The van der Waals surface area contributed by atoms with Gasteiger partial charge in [0.05, 0.1) is 11.4 Å². The van der Waals surface area contributed by atoms with Gasteiger partial charge < -0.3 is 4.42 Å². The average Bonchev–Trinajstić information content (AvgIpc) is 3.76. The number of nitrogens with zero attached hydrogens (tertiary/aromatic N) is 2. The Morgan fingerprint density at radius 1 is 0.411 bits per heavy atom. The zero-order valence-corrected chi connectivity index (χ0v) is 31.1. The highest BCUT2D eigenvalue weighted by Crippen LogP contribution is 2.50. The van der Waals surface area contributed by atoms with Crippen molar-refractivity contribution in [3.05, 3.63) is 193 Å². The summed E-state index contributed by atoms with van der Waals surface area (Å²) in [5, 5.41) is 4.50. The van der Waals surface area contributed by atoms with Crippen molar-refractivity contribution in [2.24, 2.45) is 0 Å². The Morgan fingerprint density at radius 3 is 1.91 bits per heavy atom. The lowest BCUT2D eigenvalue weighted by molar-refractivity contribution is 0.660. The van der Waals surface area contributed by atoms with Gasteiger partial charge in [-0.2, -0.15) is 0 Å². The maximum atomic E-state index is 6.63. The first-order valence-corrected chi connectivity index (χ1v) is 19.2. The largest absolute Gasteiger partial charge is 0.455 e. The lowest BCUT2D eigenvalue weighted by Crippen LogP contribution is -2.14. The minimum absolute atomic E-state index is 0.121. The van der Waals surface area contributed by atoms with Crippen molar-refractivity contribution >= 4 is 32.7 Å². The molecule has 0 N–H and O–H groups in total. The van der Waals surface area contributed by atoms with Crippen LogP contribution < -0.4 is 0 Å². The van der Waals surface area contributed by atoms with E-state index in [-0.39, 0.29) is 5.41 Å². The second-order valence-corrected chi connectivity index (χ2v) is 15.4. The molecular weight excluding hydrogens is 681 g/mol. The van der Waals surface area contributed by atoms with Crippen LogP contribution in [-0.2, 0) is 5.41 Å². The van der Waals surface area contributed by atoms with E-state index in [4.69, 9.17) is 14.4 Å². The Morgan fingerprint density at radius 2 is 1.07 bits per heavy atom. The van der Waals surface area contributed by atoms with E-state index in [9.17, 15) is 0 Å². The molecule has 0 amide bonds. The molecule has 0 radical (unpaired) electrons. The topological polar surface area (TPSA) is 38.9 Å². The predicted molar refractivity (Wildman–Crippen MR) is 232 cm³/mol. The molecule has 1 aliphatic carbocycles. The average molecular weight is 717 g/mol. The van der Waals surface area contributed by atoms with Gasteiger partial charge in [-0.15, -0.1) is 0 Å². The van der Waals surface area contributed by atoms with Crippen LogP contribution in [0.25, 0.3) is 100.0 Å². The quantitative estimate of drug-likeness (QED) is 0.178. The summed E-state index contributed by atoms with van der Waals surface area (Å²) in [6.07, 6.45) is 0. The number of benzene rings is 8. The Bertz CT molecular complexity index is 3160. The molecule has 11 rings (SSSR count). The molecule has 3 heteroatoms. The smallest absolute Gasteiger partial charge is 0.160 e. The minimum Gasteiger partial charge on any atom is -0.455 e. The summed E-state index contributed by atoms with van der Waals surface area (Å²) >= 11 is 0. The fourth-order valence-electron chi connectivity index (χ4n) is 8.85. The summed E-state index contributed by atoms with van der Waals surface area (Å²) in [6, 6.07) is 64.8. The fourth-order valence-corrected chi connectivity index (χ4v) is 8.85. The van der Waals surface area contributed by atoms with Crippen LogP contribution in [-0.4, -0.2) is 9.97 Å². The molecule has 1 aliphatic rings. The first kappa shape index (κ1) is 32.3. The Kier molecular flexibility index (Phi) is 7.20. The molecule has 56 heavy (non-hydrogen) atoms. The van der Waals surface area contributed by atoms with Crippen LogP contribution in [0.4, 0.5) is 0 Å². The highest BCUT2D eigenvalue weighted by atomic mass is 16.3. The zero-order chi connectivity index (χ0) is 37.4. The summed E-state index contributed by atoms with van der Waals surface area (Å²) in [6.45, 7) is 4.65. The first-order valence-electron chi connectivity index (χ1n) is 19.2. The number of aromatic nitrogens is 2. The van der Waals surface area contributed by atoms with Gasteiger partial charge in [-0.05, 0) is 92.4 Å². The molecule has 0 fully saturated rings. The normalized spacial score (nSPS) is 13.0. The molecule has 10 aromatic rings. The predicted octanol–water partition coefficient (Wildman–Crippen LogP) is 14.2. The molecule has 2 aromatic heterocycles. The van der Waals surface area contributed by atoms with E-state index in [0.29, 0.717) is 5.82 Å². The standard InChI is InChI=1S/C53H36N2O/c1-53(2)45-22-12-11-20-42(45)43-26-25-36(31-46(43)53)47-32-48(55-52(54-47)35-17-7-4-8-18-35)39-29-37(33-14-5-3-6-15-33)28-38(30-39)40-21-13-23-49-50(40)44-27-24-34-16-9-10-19-41(34)51(44)56-49/h3-32H,1-2H3. The van der Waals surface area contributed by atoms with Gasteiger partial charge in [0.2, 0.25) is 0 Å². The highest BCUT2D eigenvalue weighted by Gasteiger charge is 2.35. The third kappa shape index (κ3) is 5.12. The van der Waals surface area contributed by atoms with E-state index in [2.05, 4.69) is 178 Å². The van der Waals surface area contributed by atoms with Crippen LogP contribution in [0.2, 0.25) is 0 Å². The van der Waals surface area contributed by atoms with E-state index < -0.39 is 0 Å². The molecule has 0 bridgehead atoms. The van der Waals surface area contributed by atoms with E-state index in [1.165, 1.54) is 27.6 Å². The van der Waals surface area contributed by atoms with Gasteiger partial charge in [0.25, 0.3) is 0 Å². The van der Waals surface area contributed by atoms with Crippen molar-refractivity contribution in [3.63, 3.8) is 0 Å². The van der Waals surface area contributed by atoms with Crippen molar-refractivity contribution in [2.75, 3.05) is 0 Å². The SMILES string of the molecule is CC1(C)c2ccccc2-c2ccc(-c3cc(-c4cc(-c5ccccc5)cc(-c5cccc6oc7c8ccccc8ccc7c56)c4)nc(-c4ccccc4)n3)cc21. The molecule has 0 spiro atoms. The van der Waals surface area contributed by atoms with Crippen LogP contribution >= 0.6 is 0 Å². The number of hydrogen-bond acceptors (Lipinski definition) is 3. The fraction of sp³-hybridized carbons (Fsp3) is 0.0566. The van der Waals surface area contributed by atoms with Gasteiger partial charge >= 0.3 is 0 Å². The van der Waals surface area contributed by atoms with Crippen LogP contribution in [0.1, 0.15) is 25.0 Å². The van der Waals surface area contributed by atoms with E-state index >= 15 is 0 Å². The molecular formula is C53H36N2O. The molecule has 0 unspecified atom stereocenters. The molecule has 264 valence electrons. The summed E-state index contributed by atoms with van der Waals surface area (Å²) in [4.78, 5) is 10.6. The van der Waals surface area contributed by atoms with Gasteiger partial charge in [-0.25, -0.2) is 9.97 Å². The Balaban J connectivity index is 1.14. The monoisotopic (exact) mass is 716 g/mol. The summed E-state index contributed by atoms with van der Waals surface area (Å²) in [7, 11) is 0. The lowest BCUT2D eigenvalue weighted by Gasteiger charge is -2.22. The van der Waals surface area contributed by atoms with Crippen LogP contribution in [0.15, 0.2) is 186 Å². The van der Waals surface area contributed by atoms with Gasteiger partial charge in [0, 0.05) is 38.3 Å². The van der Waals surface area contributed by atoms with Gasteiger partial charge in [-0.3, -0.25) is 0 Å². The maximum Gasteiger partial charge on any atom is 0.160 e. The molecule has 0 aliphatic heterocycles. The highest BCUT2D eigenvalue weighted by molar-refractivity contribution is 6.19. The third-order valence-electron chi connectivity index (χ3n) is 11.7. The summed E-state index contributed by atoms with van der Waals surface area (Å²) < 4.78 is 6.63. The Hall–Kier alpha value is -7.10. The Labute approximate surface area is 325 Å². The number of hydrogen-bond donors (Lipinski definition) is 0. The van der Waals surface area contributed by atoms with Crippen LogP contribution in [0.3, 0.4) is 0 Å². The van der Waals surface area contributed by atoms with Gasteiger partial charge in [0.1, 0.15) is 11.2 Å². The second kappa shape index (κ2) is 12.5. The molecule has 0 saturated carbocycles. The number of fused-ring (bicyclic) bond motifs is 8. The number of rotatable bonds is 5. The summed E-state index contributed by atoms with van der Waals surface area (Å²) in [5.74, 6) is 0.697. The van der Waals surface area contributed by atoms with E-state index in [1.54, 1.807) is 0 Å². The van der Waals surface area contributed by atoms with Gasteiger partial charge in [0.15, 0.2) is 5.82 Å². The second-order valence-electron chi connectivity index (χ2n) is 15.4. The maximum absolute atomic E-state index is 6.63. The van der Waals surface area contributed by atoms with Crippen LogP contribution in [0.5, 0.6) is 0 Å². The molecule has 0 saturated heterocycles. The van der Waals surface area contributed by atoms with Crippen molar-refractivity contribution in [1.29, 1.82) is 0 Å². The first-order chi connectivity index (χ1) is 27.5. The minimum atomic E-state index is -0.121. The van der Waals surface area contributed by atoms with Crippen molar-refractivity contribution in [3.8, 4) is 67.3 Å². The zero-order valence-electron chi connectivity index (χ0n) is 31.1. The van der Waals surface area contributed by atoms with Crippen molar-refractivity contribution in [1.82, 2.24) is 9.97 Å². The van der Waals surface area contributed by atoms with E-state index in [0.717, 1.165) is 77.7 Å². The van der Waals surface area contributed by atoms with Gasteiger partial charge in [-0.1, -0.05) is 153 Å². The molecule has 2 heterocycles. The lowest BCUT2D eigenvalue weighted by atomic mass is 9.82. The van der Waals surface area contributed by atoms with E-state index in [1.807, 2.05) is 18.2 Å². The van der Waals surface area contributed by atoms with Crippen molar-refractivity contribution in [2.45, 2.75) is 19.3 Å².